The third-order valence-electron chi connectivity index (χ3n) is 4.30. The number of aryl methyl sites for hydroxylation is 1. The van der Waals surface area contributed by atoms with Gasteiger partial charge in [0, 0.05) is 19.2 Å². The number of fused-ring (bicyclic) bond motifs is 1. The number of oxazole rings is 1. The summed E-state index contributed by atoms with van der Waals surface area (Å²) < 4.78 is 33.2. The van der Waals surface area contributed by atoms with Crippen LogP contribution in [0.2, 0.25) is 0 Å². The third kappa shape index (κ3) is 2.63. The second-order valence-corrected chi connectivity index (χ2v) is 7.60. The Balaban J connectivity index is 2.07. The molecule has 2 heterocycles. The van der Waals surface area contributed by atoms with E-state index in [4.69, 9.17) is 4.42 Å². The van der Waals surface area contributed by atoms with E-state index >= 15 is 0 Å². The molecule has 1 unspecified atom stereocenters. The van der Waals surface area contributed by atoms with Crippen LogP contribution in [-0.4, -0.2) is 41.0 Å². The Morgan fingerprint density at radius 2 is 2.12 bits per heavy atom. The summed E-state index contributed by atoms with van der Waals surface area (Å²) in [6, 6.07) is 3.11. The predicted octanol–water partition coefficient (Wildman–Crippen LogP) is 1.24. The summed E-state index contributed by atoms with van der Waals surface area (Å²) in [5.41, 5.74) is 0.682. The number of nitrogens with zero attached hydrogens (tertiary/aromatic N) is 2. The van der Waals surface area contributed by atoms with Gasteiger partial charge in [-0.15, -0.1) is 0 Å². The van der Waals surface area contributed by atoms with Crippen LogP contribution in [0.1, 0.15) is 26.2 Å². The normalized spacial score (nSPS) is 19.6. The van der Waals surface area contributed by atoms with Gasteiger partial charge < -0.3 is 9.52 Å². The lowest BCUT2D eigenvalue weighted by Gasteiger charge is -2.31. The highest BCUT2D eigenvalue weighted by molar-refractivity contribution is 7.89. The van der Waals surface area contributed by atoms with E-state index in [1.807, 2.05) is 0 Å². The SMILES string of the molecule is CCn1c(=O)oc2cc(S(=O)(=O)N3CCCCC3C(=O)O)ccc21. The lowest BCUT2D eigenvalue weighted by Crippen LogP contribution is -2.47. The number of carbonyl (C=O) groups is 1. The molecule has 0 amide bonds. The summed E-state index contributed by atoms with van der Waals surface area (Å²) in [5.74, 6) is -1.70. The number of benzene rings is 1. The quantitative estimate of drug-likeness (QED) is 0.885. The second kappa shape index (κ2) is 6.06. The Morgan fingerprint density at radius 3 is 2.79 bits per heavy atom. The Hall–Kier alpha value is -2.13. The zero-order valence-electron chi connectivity index (χ0n) is 13.1. The van der Waals surface area contributed by atoms with Crippen LogP contribution in [0.25, 0.3) is 11.1 Å². The van der Waals surface area contributed by atoms with E-state index < -0.39 is 27.8 Å². The molecule has 1 fully saturated rings. The maximum Gasteiger partial charge on any atom is 0.419 e. The van der Waals surface area contributed by atoms with E-state index in [-0.39, 0.29) is 23.4 Å². The van der Waals surface area contributed by atoms with Gasteiger partial charge in [0.25, 0.3) is 0 Å². The van der Waals surface area contributed by atoms with Crippen LogP contribution >= 0.6 is 0 Å². The average Bonchev–Trinajstić information content (AvgIpc) is 2.88. The molecule has 8 nitrogen and oxygen atoms in total. The van der Waals surface area contributed by atoms with Gasteiger partial charge >= 0.3 is 11.7 Å². The van der Waals surface area contributed by atoms with Crippen molar-refractivity contribution in [3.8, 4) is 0 Å². The van der Waals surface area contributed by atoms with Crippen LogP contribution in [0.15, 0.2) is 32.3 Å². The number of hydrogen-bond acceptors (Lipinski definition) is 5. The van der Waals surface area contributed by atoms with Gasteiger partial charge in [0.1, 0.15) is 6.04 Å². The zero-order chi connectivity index (χ0) is 17.5. The molecule has 1 atom stereocenters. The lowest BCUT2D eigenvalue weighted by molar-refractivity contribution is -0.142. The molecule has 1 saturated heterocycles. The second-order valence-electron chi connectivity index (χ2n) is 5.71. The van der Waals surface area contributed by atoms with Crippen molar-refractivity contribution >= 4 is 27.1 Å². The molecule has 3 rings (SSSR count). The Bertz CT molecular complexity index is 943. The summed E-state index contributed by atoms with van der Waals surface area (Å²) in [4.78, 5) is 23.0. The molecule has 0 saturated carbocycles. The van der Waals surface area contributed by atoms with E-state index in [0.717, 1.165) is 4.31 Å². The molecule has 0 radical (unpaired) electrons. The highest BCUT2D eigenvalue weighted by atomic mass is 32.2. The lowest BCUT2D eigenvalue weighted by atomic mass is 10.1. The summed E-state index contributed by atoms with van der Waals surface area (Å²) in [5, 5.41) is 9.29. The van der Waals surface area contributed by atoms with Gasteiger partial charge in [-0.1, -0.05) is 0 Å². The predicted molar refractivity (Wildman–Crippen MR) is 85.3 cm³/mol. The van der Waals surface area contributed by atoms with Gasteiger partial charge in [-0.3, -0.25) is 9.36 Å². The van der Waals surface area contributed by atoms with Crippen LogP contribution in [0.5, 0.6) is 0 Å². The van der Waals surface area contributed by atoms with E-state index in [2.05, 4.69) is 0 Å². The first-order chi connectivity index (χ1) is 11.4. The zero-order valence-corrected chi connectivity index (χ0v) is 14.0. The van der Waals surface area contributed by atoms with Crippen molar-refractivity contribution in [2.45, 2.75) is 43.7 Å². The molecule has 0 bridgehead atoms. The molecular formula is C15H18N2O6S. The maximum atomic E-state index is 12.8. The molecule has 1 N–H and O–H groups in total. The van der Waals surface area contributed by atoms with Crippen molar-refractivity contribution in [2.75, 3.05) is 6.54 Å². The van der Waals surface area contributed by atoms with E-state index in [1.54, 1.807) is 6.92 Å². The van der Waals surface area contributed by atoms with Gasteiger partial charge in [-0.2, -0.15) is 4.31 Å². The number of carboxylic acids is 1. The smallest absolute Gasteiger partial charge is 0.419 e. The molecule has 1 aromatic carbocycles. The van der Waals surface area contributed by atoms with Crippen molar-refractivity contribution in [3.05, 3.63) is 28.7 Å². The maximum absolute atomic E-state index is 12.8. The van der Waals surface area contributed by atoms with Gasteiger partial charge in [0.05, 0.1) is 10.4 Å². The topological polar surface area (TPSA) is 110 Å². The summed E-state index contributed by atoms with van der Waals surface area (Å²) in [6.45, 7) is 2.36. The Labute approximate surface area is 138 Å². The molecule has 24 heavy (non-hydrogen) atoms. The van der Waals surface area contributed by atoms with Crippen LogP contribution in [0.3, 0.4) is 0 Å². The first-order valence-electron chi connectivity index (χ1n) is 7.74. The minimum atomic E-state index is -3.98. The van der Waals surface area contributed by atoms with Gasteiger partial charge in [-0.05, 0) is 38.3 Å². The van der Waals surface area contributed by atoms with Crippen molar-refractivity contribution in [1.82, 2.24) is 8.87 Å². The molecule has 130 valence electrons. The van der Waals surface area contributed by atoms with Crippen LogP contribution in [0.4, 0.5) is 0 Å². The number of piperidine rings is 1. The first-order valence-corrected chi connectivity index (χ1v) is 9.18. The highest BCUT2D eigenvalue weighted by Crippen LogP contribution is 2.27. The molecular weight excluding hydrogens is 336 g/mol. The van der Waals surface area contributed by atoms with Crippen molar-refractivity contribution in [1.29, 1.82) is 0 Å². The van der Waals surface area contributed by atoms with Gasteiger partial charge in [-0.25, -0.2) is 13.2 Å². The number of hydrogen-bond donors (Lipinski definition) is 1. The molecule has 1 aliphatic rings. The van der Waals surface area contributed by atoms with Crippen molar-refractivity contribution < 1.29 is 22.7 Å². The number of aromatic nitrogens is 1. The molecule has 0 aliphatic carbocycles. The van der Waals surface area contributed by atoms with E-state index in [1.165, 1.54) is 22.8 Å². The molecule has 0 spiro atoms. The summed E-state index contributed by atoms with van der Waals surface area (Å²) in [6.07, 6.45) is 1.58. The van der Waals surface area contributed by atoms with E-state index in [9.17, 15) is 23.1 Å². The van der Waals surface area contributed by atoms with Gasteiger partial charge in [0.15, 0.2) is 5.58 Å². The van der Waals surface area contributed by atoms with Crippen molar-refractivity contribution in [3.63, 3.8) is 0 Å². The fourth-order valence-corrected chi connectivity index (χ4v) is 4.75. The van der Waals surface area contributed by atoms with Gasteiger partial charge in [0.2, 0.25) is 10.0 Å². The molecule has 9 heteroatoms. The van der Waals surface area contributed by atoms with Crippen LogP contribution in [0, 0.1) is 0 Å². The first kappa shape index (κ1) is 16.7. The minimum absolute atomic E-state index is 0.0693. The van der Waals surface area contributed by atoms with Crippen LogP contribution in [-0.2, 0) is 21.4 Å². The Kier molecular flexibility index (Phi) is 4.22. The standard InChI is InChI=1S/C15H18N2O6S/c1-2-16-11-7-6-10(9-13(11)23-15(16)20)24(21,22)17-8-4-3-5-12(17)14(18)19/h6-7,9,12H,2-5,8H2,1H3,(H,18,19). The third-order valence-corrected chi connectivity index (χ3v) is 6.21. The van der Waals surface area contributed by atoms with Crippen molar-refractivity contribution in [2.24, 2.45) is 0 Å². The van der Waals surface area contributed by atoms with E-state index in [0.29, 0.717) is 24.9 Å². The number of aliphatic carboxylic acids is 1. The minimum Gasteiger partial charge on any atom is -0.480 e. The highest BCUT2D eigenvalue weighted by Gasteiger charge is 2.37. The summed E-state index contributed by atoms with van der Waals surface area (Å²) in [7, 11) is -3.98. The average molecular weight is 354 g/mol. The molecule has 2 aromatic rings. The largest absolute Gasteiger partial charge is 0.480 e. The number of rotatable bonds is 4. The number of sulfonamides is 1. The summed E-state index contributed by atoms with van der Waals surface area (Å²) >= 11 is 0. The fraction of sp³-hybridized carbons (Fsp3) is 0.467. The van der Waals surface area contributed by atoms with Crippen LogP contribution < -0.4 is 5.76 Å². The molecule has 1 aromatic heterocycles. The monoisotopic (exact) mass is 354 g/mol. The molecule has 1 aliphatic heterocycles. The number of carboxylic acid groups (broad SMARTS) is 1. The Morgan fingerprint density at radius 1 is 1.38 bits per heavy atom. The fourth-order valence-electron chi connectivity index (χ4n) is 3.08.